The molecule has 0 aromatic heterocycles. The van der Waals surface area contributed by atoms with E-state index in [0.717, 1.165) is 11.3 Å². The summed E-state index contributed by atoms with van der Waals surface area (Å²) in [7, 11) is 1.54. The van der Waals surface area contributed by atoms with Crippen molar-refractivity contribution in [2.75, 3.05) is 0 Å². The van der Waals surface area contributed by atoms with E-state index in [2.05, 4.69) is 91.0 Å². The van der Waals surface area contributed by atoms with Gasteiger partial charge in [0.25, 0.3) is 0 Å². The second-order valence-electron chi connectivity index (χ2n) is 6.08. The lowest BCUT2D eigenvalue weighted by Crippen LogP contribution is -1.96. The maximum Gasteiger partial charge on any atom is 0.146 e. The van der Waals surface area contributed by atoms with Crippen LogP contribution in [-0.4, -0.2) is 4.86 Å². The molecule has 0 radical (unpaired) electrons. The fraction of sp³-hybridized carbons (Fsp3) is 0. The van der Waals surface area contributed by atoms with Crippen LogP contribution in [0.3, 0.4) is 0 Å². The largest absolute Gasteiger partial charge is 0.422 e. The van der Waals surface area contributed by atoms with E-state index in [1.807, 2.05) is 16.9 Å². The van der Waals surface area contributed by atoms with Crippen molar-refractivity contribution in [2.24, 2.45) is 0 Å². The van der Waals surface area contributed by atoms with Gasteiger partial charge in [-0.1, -0.05) is 91.0 Å². The molecule has 2 heterocycles. The maximum absolute atomic E-state index is 6.35. The first-order valence-corrected chi connectivity index (χ1v) is 11.0. The lowest BCUT2D eigenvalue weighted by atomic mass is 9.98. The zero-order valence-electron chi connectivity index (χ0n) is 14.0. The fourth-order valence-electron chi connectivity index (χ4n) is 3.16. The van der Waals surface area contributed by atoms with Crippen LogP contribution in [0, 0.1) is 0 Å². The first-order valence-electron chi connectivity index (χ1n) is 8.51. The van der Waals surface area contributed by atoms with Crippen molar-refractivity contribution in [1.29, 1.82) is 0 Å². The van der Waals surface area contributed by atoms with Crippen LogP contribution in [0.1, 0.15) is 16.7 Å². The zero-order chi connectivity index (χ0) is 17.3. The lowest BCUT2D eigenvalue weighted by Gasteiger charge is -2.11. The molecule has 3 heteroatoms. The predicted octanol–water partition coefficient (Wildman–Crippen LogP) is 6.64. The minimum absolute atomic E-state index is 0.293. The number of rotatable bonds is 3. The molecule has 3 aromatic carbocycles. The molecule has 0 amide bonds. The Hall–Kier alpha value is -2.49. The van der Waals surface area contributed by atoms with Gasteiger partial charge in [-0.05, 0) is 28.0 Å². The molecule has 5 rings (SSSR count). The van der Waals surface area contributed by atoms with Gasteiger partial charge in [-0.2, -0.15) is 0 Å². The van der Waals surface area contributed by atoms with E-state index in [9.17, 15) is 0 Å². The van der Waals surface area contributed by atoms with Gasteiger partial charge in [-0.25, -0.2) is 0 Å². The molecule has 126 valence electrons. The smallest absolute Gasteiger partial charge is 0.146 e. The van der Waals surface area contributed by atoms with Gasteiger partial charge in [0.15, 0.2) is 0 Å². The molecule has 0 spiro atoms. The highest BCUT2D eigenvalue weighted by molar-refractivity contribution is 8.86. The highest BCUT2D eigenvalue weighted by atomic mass is 33.1. The molecule has 0 fully saturated rings. The van der Waals surface area contributed by atoms with Crippen molar-refractivity contribution >= 4 is 41.7 Å². The van der Waals surface area contributed by atoms with Gasteiger partial charge >= 0.3 is 0 Å². The van der Waals surface area contributed by atoms with Gasteiger partial charge in [0.05, 0.1) is 14.7 Å². The summed E-state index contributed by atoms with van der Waals surface area (Å²) < 4.78 is 6.35. The van der Waals surface area contributed by atoms with E-state index in [-0.39, 0.29) is 9.80 Å². The number of benzene rings is 3. The summed E-state index contributed by atoms with van der Waals surface area (Å²) >= 11 is 0. The third-order valence-corrected chi connectivity index (χ3v) is 7.86. The molecule has 0 bridgehead atoms. The summed E-state index contributed by atoms with van der Waals surface area (Å²) in [6.07, 6.45) is 2.23. The van der Waals surface area contributed by atoms with Crippen LogP contribution in [0.5, 0.6) is 0 Å². The van der Waals surface area contributed by atoms with Gasteiger partial charge in [0.1, 0.15) is 5.76 Å². The van der Waals surface area contributed by atoms with E-state index < -0.39 is 0 Å². The van der Waals surface area contributed by atoms with E-state index in [1.54, 1.807) is 0 Å². The minimum atomic E-state index is -0.293. The Balaban J connectivity index is 1.64. The minimum Gasteiger partial charge on any atom is -0.422 e. The van der Waals surface area contributed by atoms with Crippen molar-refractivity contribution in [1.82, 2.24) is 0 Å². The van der Waals surface area contributed by atoms with Crippen molar-refractivity contribution < 1.29 is 4.18 Å². The predicted molar refractivity (Wildman–Crippen MR) is 115 cm³/mol. The van der Waals surface area contributed by atoms with Crippen LogP contribution in [0.4, 0.5) is 0 Å². The first kappa shape index (κ1) is 15.7. The normalized spacial score (nSPS) is 18.5. The van der Waals surface area contributed by atoms with E-state index in [0.29, 0.717) is 0 Å². The molecule has 1 nitrogen and oxygen atoms in total. The molecule has 26 heavy (non-hydrogen) atoms. The molecule has 0 N–H and O–H groups in total. The van der Waals surface area contributed by atoms with Gasteiger partial charge in [0.2, 0.25) is 0 Å². The SMILES string of the molecule is C1=C(c2ccccc2)OS2=C1C(c1ccccc1)=C(c1ccccc1)S2. The highest BCUT2D eigenvalue weighted by Gasteiger charge is 2.32. The van der Waals surface area contributed by atoms with Crippen LogP contribution < -0.4 is 0 Å². The Morgan fingerprint density at radius 2 is 1.15 bits per heavy atom. The van der Waals surface area contributed by atoms with Crippen LogP contribution in [-0.2, 0) is 4.18 Å². The summed E-state index contributed by atoms with van der Waals surface area (Å²) in [6.45, 7) is 0. The molecule has 2 aliphatic heterocycles. The summed E-state index contributed by atoms with van der Waals surface area (Å²) in [4.78, 5) is 2.59. The molecule has 1 atom stereocenters. The third kappa shape index (κ3) is 2.74. The molecule has 2 aliphatic rings. The molecule has 3 aromatic rings. The Morgan fingerprint density at radius 3 is 1.77 bits per heavy atom. The molecule has 0 saturated heterocycles. The van der Waals surface area contributed by atoms with Gasteiger partial charge in [0, 0.05) is 16.0 Å². The third-order valence-electron chi connectivity index (χ3n) is 4.40. The molecule has 0 saturated carbocycles. The average Bonchev–Trinajstić information content (AvgIpc) is 3.28. The molecular formula is C23H16OS2. The number of allylic oxidation sites excluding steroid dienone is 2. The Kier molecular flexibility index (Phi) is 4.04. The standard InChI is InChI=1S/C23H16OS2/c1-4-10-17(11-5-1)20-16-21-22(18-12-6-2-7-13-18)23(25-26(21)24-20)19-14-8-3-9-15-19/h1-16H. The Bertz CT molecular complexity index is 1050. The van der Waals surface area contributed by atoms with Gasteiger partial charge in [-0.15, -0.1) is 0 Å². The highest BCUT2D eigenvalue weighted by Crippen LogP contribution is 2.59. The number of hydrogen-bond donors (Lipinski definition) is 0. The zero-order valence-corrected chi connectivity index (χ0v) is 15.6. The van der Waals surface area contributed by atoms with Crippen LogP contribution in [0.15, 0.2) is 97.1 Å². The fourth-order valence-corrected chi connectivity index (χ4v) is 7.01. The summed E-state index contributed by atoms with van der Waals surface area (Å²) in [5.41, 5.74) is 4.94. The monoisotopic (exact) mass is 372 g/mol. The van der Waals surface area contributed by atoms with Crippen LogP contribution in [0.2, 0.25) is 0 Å². The van der Waals surface area contributed by atoms with Crippen molar-refractivity contribution in [2.45, 2.75) is 0 Å². The molecule has 1 unspecified atom stereocenters. The van der Waals surface area contributed by atoms with E-state index >= 15 is 0 Å². The summed E-state index contributed by atoms with van der Waals surface area (Å²) in [6, 6.07) is 31.6. The van der Waals surface area contributed by atoms with E-state index in [4.69, 9.17) is 4.18 Å². The van der Waals surface area contributed by atoms with Crippen molar-refractivity contribution in [3.8, 4) is 0 Å². The van der Waals surface area contributed by atoms with Gasteiger partial charge < -0.3 is 4.18 Å². The van der Waals surface area contributed by atoms with Crippen LogP contribution >= 0.6 is 20.6 Å². The first-order chi connectivity index (χ1) is 12.9. The van der Waals surface area contributed by atoms with E-state index in [1.165, 1.54) is 26.5 Å². The Morgan fingerprint density at radius 1 is 0.615 bits per heavy atom. The quantitative estimate of drug-likeness (QED) is 0.376. The van der Waals surface area contributed by atoms with Crippen molar-refractivity contribution in [3.05, 3.63) is 114 Å². The van der Waals surface area contributed by atoms with Crippen LogP contribution in [0.25, 0.3) is 16.2 Å². The van der Waals surface area contributed by atoms with Crippen molar-refractivity contribution in [3.63, 3.8) is 0 Å². The number of hydrogen-bond acceptors (Lipinski definition) is 2. The average molecular weight is 373 g/mol. The summed E-state index contributed by atoms with van der Waals surface area (Å²) in [5, 5.41) is 0. The Labute approximate surface area is 159 Å². The summed E-state index contributed by atoms with van der Waals surface area (Å²) in [5.74, 6) is 0.969. The molecular weight excluding hydrogens is 356 g/mol. The lowest BCUT2D eigenvalue weighted by molar-refractivity contribution is 0.615. The second-order valence-corrected chi connectivity index (χ2v) is 9.14. The maximum atomic E-state index is 6.35. The second kappa shape index (κ2) is 6.67. The van der Waals surface area contributed by atoms with Gasteiger partial charge in [-0.3, -0.25) is 0 Å². The topological polar surface area (TPSA) is 9.23 Å². The molecule has 0 aliphatic carbocycles.